The Morgan fingerprint density at radius 2 is 1.89 bits per heavy atom. The van der Waals surface area contributed by atoms with Crippen molar-refractivity contribution >= 4 is 41.3 Å². The summed E-state index contributed by atoms with van der Waals surface area (Å²) in [6.07, 6.45) is 2.26. The molecule has 2 aromatic carbocycles. The Hall–Kier alpha value is -3.17. The molecule has 2 heterocycles. The molecule has 4 rings (SSSR count). The second-order valence-electron chi connectivity index (χ2n) is 6.71. The quantitative estimate of drug-likeness (QED) is 0.438. The smallest absolute Gasteiger partial charge is 0.423 e. The van der Waals surface area contributed by atoms with Crippen LogP contribution in [-0.4, -0.2) is 46.9 Å². The molecule has 0 aliphatic carbocycles. The number of nitrogen functional groups attached to an aromatic ring is 1. The van der Waals surface area contributed by atoms with Crippen LogP contribution in [0.2, 0.25) is 0 Å². The van der Waals surface area contributed by atoms with E-state index in [4.69, 9.17) is 10.5 Å². The van der Waals surface area contributed by atoms with Crippen molar-refractivity contribution in [1.82, 2.24) is 10.2 Å². The molecular formula is C19H19BN4O4. The zero-order valence-corrected chi connectivity index (χ0v) is 15.1. The lowest BCUT2D eigenvalue weighted by Gasteiger charge is -2.22. The fourth-order valence-corrected chi connectivity index (χ4v) is 3.59. The SMILES string of the molecule is Nc1c(OC=O)nnc2cc(-c3cc(B(O)O)ccc3N3CCCC3)ccc12. The van der Waals surface area contributed by atoms with Gasteiger partial charge in [-0.05, 0) is 42.1 Å². The van der Waals surface area contributed by atoms with E-state index in [1.807, 2.05) is 18.2 Å². The Bertz CT molecular complexity index is 1040. The minimum Gasteiger partial charge on any atom is -0.423 e. The number of anilines is 2. The van der Waals surface area contributed by atoms with Crippen LogP contribution in [0.5, 0.6) is 5.88 Å². The van der Waals surface area contributed by atoms with E-state index in [-0.39, 0.29) is 18.0 Å². The van der Waals surface area contributed by atoms with Crippen molar-refractivity contribution < 1.29 is 19.6 Å². The van der Waals surface area contributed by atoms with Gasteiger partial charge in [0.2, 0.25) is 0 Å². The van der Waals surface area contributed by atoms with Gasteiger partial charge in [-0.1, -0.05) is 18.2 Å². The molecule has 1 aromatic heterocycles. The molecule has 0 spiro atoms. The number of nitrogens with two attached hydrogens (primary N) is 1. The van der Waals surface area contributed by atoms with Crippen LogP contribution in [0.3, 0.4) is 0 Å². The van der Waals surface area contributed by atoms with Gasteiger partial charge in [0.1, 0.15) is 5.69 Å². The van der Waals surface area contributed by atoms with Crippen LogP contribution in [0.15, 0.2) is 36.4 Å². The van der Waals surface area contributed by atoms with E-state index in [2.05, 4.69) is 15.1 Å². The lowest BCUT2D eigenvalue weighted by atomic mass is 9.78. The lowest BCUT2D eigenvalue weighted by molar-refractivity contribution is -0.120. The van der Waals surface area contributed by atoms with E-state index in [0.29, 0.717) is 16.4 Å². The van der Waals surface area contributed by atoms with Crippen molar-refractivity contribution in [2.75, 3.05) is 23.7 Å². The van der Waals surface area contributed by atoms with Crippen LogP contribution in [-0.2, 0) is 4.79 Å². The zero-order valence-electron chi connectivity index (χ0n) is 15.1. The molecule has 1 aliphatic heterocycles. The van der Waals surface area contributed by atoms with Gasteiger partial charge in [-0.25, -0.2) is 0 Å². The van der Waals surface area contributed by atoms with Crippen molar-refractivity contribution in [3.63, 3.8) is 0 Å². The standard InChI is InChI=1S/C19H19BN4O4/c21-18-14-5-3-12(9-16(14)22-23-19(18)28-11-25)15-10-13(20(26)27)4-6-17(15)24-7-1-2-8-24/h3-6,9-11,26-27H,1-2,7-8H2,(H2,21,22). The van der Waals surface area contributed by atoms with Crippen LogP contribution in [0, 0.1) is 0 Å². The molecule has 1 fully saturated rings. The van der Waals surface area contributed by atoms with Gasteiger partial charge in [0, 0.05) is 29.7 Å². The largest absolute Gasteiger partial charge is 0.488 e. The summed E-state index contributed by atoms with van der Waals surface area (Å²) in [5.74, 6) is -0.0293. The van der Waals surface area contributed by atoms with Gasteiger partial charge in [0.05, 0.1) is 5.52 Å². The third-order valence-corrected chi connectivity index (χ3v) is 5.00. The molecule has 4 N–H and O–H groups in total. The molecule has 0 amide bonds. The Balaban J connectivity index is 1.85. The number of fused-ring (bicyclic) bond motifs is 1. The summed E-state index contributed by atoms with van der Waals surface area (Å²) >= 11 is 0. The second kappa shape index (κ2) is 7.45. The van der Waals surface area contributed by atoms with E-state index in [1.165, 1.54) is 0 Å². The number of aromatic nitrogens is 2. The van der Waals surface area contributed by atoms with Gasteiger partial charge in [-0.2, -0.15) is 0 Å². The Morgan fingerprint density at radius 1 is 1.11 bits per heavy atom. The summed E-state index contributed by atoms with van der Waals surface area (Å²) in [7, 11) is -1.55. The van der Waals surface area contributed by atoms with Crippen LogP contribution >= 0.6 is 0 Å². The van der Waals surface area contributed by atoms with Crippen LogP contribution in [0.25, 0.3) is 22.0 Å². The Labute approximate surface area is 161 Å². The molecule has 0 radical (unpaired) electrons. The van der Waals surface area contributed by atoms with Gasteiger partial charge in [0.15, 0.2) is 0 Å². The van der Waals surface area contributed by atoms with Crippen molar-refractivity contribution in [2.24, 2.45) is 0 Å². The van der Waals surface area contributed by atoms with Crippen LogP contribution in [0.1, 0.15) is 12.8 Å². The highest BCUT2D eigenvalue weighted by Gasteiger charge is 2.20. The maximum absolute atomic E-state index is 10.6. The summed E-state index contributed by atoms with van der Waals surface area (Å²) < 4.78 is 4.75. The van der Waals surface area contributed by atoms with Crippen molar-refractivity contribution in [1.29, 1.82) is 0 Å². The lowest BCUT2D eigenvalue weighted by Crippen LogP contribution is -2.30. The summed E-state index contributed by atoms with van der Waals surface area (Å²) in [4.78, 5) is 12.8. The first-order valence-corrected chi connectivity index (χ1v) is 9.00. The summed E-state index contributed by atoms with van der Waals surface area (Å²) in [5, 5.41) is 27.8. The highest BCUT2D eigenvalue weighted by molar-refractivity contribution is 6.58. The van der Waals surface area contributed by atoms with Gasteiger partial charge >= 0.3 is 7.12 Å². The predicted molar refractivity (Wildman–Crippen MR) is 107 cm³/mol. The minimum atomic E-state index is -1.55. The van der Waals surface area contributed by atoms with Crippen molar-refractivity contribution in [2.45, 2.75) is 12.8 Å². The van der Waals surface area contributed by atoms with Gasteiger partial charge in [0.25, 0.3) is 12.4 Å². The average molecular weight is 378 g/mol. The molecule has 0 bridgehead atoms. The van der Waals surface area contributed by atoms with E-state index in [0.717, 1.165) is 42.7 Å². The normalized spacial score (nSPS) is 13.7. The molecule has 0 atom stereocenters. The highest BCUT2D eigenvalue weighted by atomic mass is 16.5. The number of nitrogens with zero attached hydrogens (tertiary/aromatic N) is 3. The maximum atomic E-state index is 10.6. The molecule has 1 aliphatic rings. The number of hydrogen-bond donors (Lipinski definition) is 3. The first-order chi connectivity index (χ1) is 13.6. The molecule has 0 saturated carbocycles. The van der Waals surface area contributed by atoms with Crippen molar-refractivity contribution in [3.8, 4) is 17.0 Å². The highest BCUT2D eigenvalue weighted by Crippen LogP contribution is 2.35. The minimum absolute atomic E-state index is 0.0293. The molecule has 142 valence electrons. The molecule has 9 heteroatoms. The number of carbonyl (C=O) groups excluding carboxylic acids is 1. The molecule has 28 heavy (non-hydrogen) atoms. The van der Waals surface area contributed by atoms with E-state index < -0.39 is 7.12 Å². The van der Waals surface area contributed by atoms with Gasteiger partial charge in [-0.3, -0.25) is 4.79 Å². The number of ether oxygens (including phenoxy) is 1. The molecule has 3 aromatic rings. The molecule has 0 unspecified atom stereocenters. The van der Waals surface area contributed by atoms with E-state index >= 15 is 0 Å². The summed E-state index contributed by atoms with van der Waals surface area (Å²) in [5.41, 5.74) is 10.00. The monoisotopic (exact) mass is 378 g/mol. The Morgan fingerprint density at radius 3 is 2.61 bits per heavy atom. The zero-order chi connectivity index (χ0) is 19.7. The third-order valence-electron chi connectivity index (χ3n) is 5.00. The summed E-state index contributed by atoms with van der Waals surface area (Å²) in [6, 6.07) is 10.9. The molecule has 1 saturated heterocycles. The first kappa shape index (κ1) is 18.2. The predicted octanol–water partition coefficient (Wildman–Crippen LogP) is 0.694. The number of carbonyl (C=O) groups is 1. The fraction of sp³-hybridized carbons (Fsp3) is 0.211. The van der Waals surface area contributed by atoms with E-state index in [9.17, 15) is 14.8 Å². The fourth-order valence-electron chi connectivity index (χ4n) is 3.59. The van der Waals surface area contributed by atoms with E-state index in [1.54, 1.807) is 18.2 Å². The Kier molecular flexibility index (Phi) is 4.85. The summed E-state index contributed by atoms with van der Waals surface area (Å²) in [6.45, 7) is 2.18. The number of benzene rings is 2. The third kappa shape index (κ3) is 3.25. The van der Waals surface area contributed by atoms with Gasteiger partial charge in [-0.15, -0.1) is 10.2 Å². The first-order valence-electron chi connectivity index (χ1n) is 9.00. The van der Waals surface area contributed by atoms with Gasteiger partial charge < -0.3 is 25.4 Å². The van der Waals surface area contributed by atoms with Crippen LogP contribution in [0.4, 0.5) is 11.4 Å². The number of rotatable bonds is 5. The molecular weight excluding hydrogens is 359 g/mol. The van der Waals surface area contributed by atoms with Crippen LogP contribution < -0.4 is 20.8 Å². The second-order valence-corrected chi connectivity index (χ2v) is 6.71. The van der Waals surface area contributed by atoms with Crippen molar-refractivity contribution in [3.05, 3.63) is 36.4 Å². The topological polar surface area (TPSA) is 122 Å². The number of hydrogen-bond acceptors (Lipinski definition) is 8. The average Bonchev–Trinajstić information content (AvgIpc) is 3.24. The molecule has 8 nitrogen and oxygen atoms in total. The maximum Gasteiger partial charge on any atom is 0.488 e.